The van der Waals surface area contributed by atoms with Gasteiger partial charge in [0.15, 0.2) is 5.65 Å². The van der Waals surface area contributed by atoms with Gasteiger partial charge in [-0.3, -0.25) is 9.69 Å². The van der Waals surface area contributed by atoms with Crippen LogP contribution in [0.1, 0.15) is 70.3 Å². The second kappa shape index (κ2) is 7.23. The lowest BCUT2D eigenvalue weighted by atomic mass is 9.93. The zero-order valence-electron chi connectivity index (χ0n) is 16.8. The molecule has 0 radical (unpaired) electrons. The van der Waals surface area contributed by atoms with E-state index in [9.17, 15) is 4.79 Å². The smallest absolute Gasteiger partial charge is 0.236 e. The van der Waals surface area contributed by atoms with E-state index in [0.717, 1.165) is 62.4 Å². The number of carbonyl (C=O) groups excluding carboxylic acids is 1. The second-order valence-corrected chi connectivity index (χ2v) is 8.99. The highest BCUT2D eigenvalue weighted by Gasteiger charge is 2.31. The third-order valence-corrected chi connectivity index (χ3v) is 5.91. The molecule has 1 amide bonds. The summed E-state index contributed by atoms with van der Waals surface area (Å²) in [5.41, 5.74) is 3.09. The number of amides is 1. The minimum absolute atomic E-state index is 0.00936. The molecule has 2 aromatic heterocycles. The average Bonchev–Trinajstić information content (AvgIpc) is 3.28. The van der Waals surface area contributed by atoms with Crippen LogP contribution in [0.25, 0.3) is 5.65 Å². The zero-order chi connectivity index (χ0) is 19.0. The van der Waals surface area contributed by atoms with Crippen molar-refractivity contribution in [2.45, 2.75) is 64.3 Å². The quantitative estimate of drug-likeness (QED) is 0.834. The molecule has 0 N–H and O–H groups in total. The Morgan fingerprint density at radius 3 is 2.67 bits per heavy atom. The van der Waals surface area contributed by atoms with Crippen LogP contribution in [-0.4, -0.2) is 56.5 Å². The number of likely N-dealkylation sites (tertiary alicyclic amines) is 2. The van der Waals surface area contributed by atoms with E-state index >= 15 is 0 Å². The zero-order valence-corrected chi connectivity index (χ0v) is 16.8. The summed E-state index contributed by atoms with van der Waals surface area (Å²) < 4.78 is 1.99. The summed E-state index contributed by atoms with van der Waals surface area (Å²) in [6.45, 7) is 9.86. The van der Waals surface area contributed by atoms with Gasteiger partial charge in [-0.15, -0.1) is 0 Å². The van der Waals surface area contributed by atoms with Crippen LogP contribution < -0.4 is 0 Å². The van der Waals surface area contributed by atoms with E-state index in [4.69, 9.17) is 5.10 Å². The van der Waals surface area contributed by atoms with Crippen LogP contribution in [0.15, 0.2) is 18.3 Å². The van der Waals surface area contributed by atoms with Crippen molar-refractivity contribution in [3.63, 3.8) is 0 Å². The number of nitrogens with zero attached hydrogens (tertiary/aromatic N) is 5. The first kappa shape index (κ1) is 18.4. The summed E-state index contributed by atoms with van der Waals surface area (Å²) in [6, 6.07) is 4.39. The van der Waals surface area contributed by atoms with Gasteiger partial charge in [-0.1, -0.05) is 20.8 Å². The minimum Gasteiger partial charge on any atom is -0.342 e. The van der Waals surface area contributed by atoms with Crippen LogP contribution in [0.3, 0.4) is 0 Å². The van der Waals surface area contributed by atoms with Gasteiger partial charge in [0.25, 0.3) is 0 Å². The fourth-order valence-electron chi connectivity index (χ4n) is 4.30. The molecule has 0 aromatic carbocycles. The highest BCUT2D eigenvalue weighted by Crippen LogP contribution is 2.32. The van der Waals surface area contributed by atoms with Crippen molar-refractivity contribution < 1.29 is 4.79 Å². The van der Waals surface area contributed by atoms with E-state index in [1.807, 2.05) is 15.6 Å². The largest absolute Gasteiger partial charge is 0.342 e. The maximum atomic E-state index is 12.8. The lowest BCUT2D eigenvalue weighted by molar-refractivity contribution is -0.133. The number of hydrogen-bond donors (Lipinski definition) is 0. The summed E-state index contributed by atoms with van der Waals surface area (Å²) in [5, 5.41) is 4.86. The molecule has 2 aromatic rings. The van der Waals surface area contributed by atoms with Gasteiger partial charge in [0, 0.05) is 30.8 Å². The first-order chi connectivity index (χ1) is 12.9. The van der Waals surface area contributed by atoms with Gasteiger partial charge in [-0.25, -0.2) is 9.50 Å². The molecule has 0 saturated carbocycles. The Kier molecular flexibility index (Phi) is 4.93. The van der Waals surface area contributed by atoms with Crippen LogP contribution in [-0.2, 0) is 10.2 Å². The molecule has 2 aliphatic rings. The fraction of sp³-hybridized carbons (Fsp3) is 0.667. The first-order valence-electron chi connectivity index (χ1n) is 10.3. The average molecular weight is 370 g/mol. The van der Waals surface area contributed by atoms with Gasteiger partial charge in [0.05, 0.1) is 24.0 Å². The van der Waals surface area contributed by atoms with Crippen molar-refractivity contribution in [2.24, 2.45) is 0 Å². The van der Waals surface area contributed by atoms with Crippen molar-refractivity contribution in [1.29, 1.82) is 0 Å². The van der Waals surface area contributed by atoms with Crippen LogP contribution >= 0.6 is 0 Å². The van der Waals surface area contributed by atoms with Gasteiger partial charge < -0.3 is 4.90 Å². The topological polar surface area (TPSA) is 53.7 Å². The molecule has 2 saturated heterocycles. The SMILES string of the molecule is CC(C)(C)c1cc2nccc(C3CCCN3CC(=O)N3CCCCC3)n2n1. The Morgan fingerprint density at radius 2 is 1.93 bits per heavy atom. The summed E-state index contributed by atoms with van der Waals surface area (Å²) in [4.78, 5) is 21.7. The molecule has 0 aliphatic carbocycles. The van der Waals surface area contributed by atoms with Gasteiger partial charge in [0.2, 0.25) is 5.91 Å². The standard InChI is InChI=1S/C21H31N5O/c1-21(2,3)18-14-19-22-10-9-17(26(19)23-18)16-8-7-13-25(16)15-20(27)24-11-5-4-6-12-24/h9-10,14,16H,4-8,11-13,15H2,1-3H3. The molecule has 146 valence electrons. The molecule has 4 heterocycles. The second-order valence-electron chi connectivity index (χ2n) is 8.99. The molecule has 1 atom stereocenters. The Hall–Kier alpha value is -1.95. The molecular weight excluding hydrogens is 338 g/mol. The molecule has 6 nitrogen and oxygen atoms in total. The maximum absolute atomic E-state index is 12.8. The van der Waals surface area contributed by atoms with Crippen molar-refractivity contribution in [1.82, 2.24) is 24.4 Å². The van der Waals surface area contributed by atoms with Crippen LogP contribution in [0.2, 0.25) is 0 Å². The summed E-state index contributed by atoms with van der Waals surface area (Å²) in [6.07, 6.45) is 7.60. The maximum Gasteiger partial charge on any atom is 0.236 e. The van der Waals surface area contributed by atoms with Crippen LogP contribution in [0.4, 0.5) is 0 Å². The van der Waals surface area contributed by atoms with Crippen molar-refractivity contribution in [2.75, 3.05) is 26.2 Å². The highest BCUT2D eigenvalue weighted by atomic mass is 16.2. The molecule has 2 fully saturated rings. The summed E-state index contributed by atoms with van der Waals surface area (Å²) in [7, 11) is 0. The van der Waals surface area contributed by atoms with E-state index < -0.39 is 0 Å². The van der Waals surface area contributed by atoms with Gasteiger partial charge in [-0.2, -0.15) is 5.10 Å². The number of carbonyl (C=O) groups is 1. The molecule has 4 rings (SSSR count). The summed E-state index contributed by atoms with van der Waals surface area (Å²) >= 11 is 0. The van der Waals surface area contributed by atoms with E-state index in [2.05, 4.69) is 42.8 Å². The van der Waals surface area contributed by atoms with E-state index in [1.54, 1.807) is 0 Å². The molecular formula is C21H31N5O. The third-order valence-electron chi connectivity index (χ3n) is 5.91. The molecule has 0 bridgehead atoms. The Bertz CT molecular complexity index is 816. The van der Waals surface area contributed by atoms with E-state index in [1.165, 1.54) is 6.42 Å². The van der Waals surface area contributed by atoms with E-state index in [-0.39, 0.29) is 17.4 Å². The first-order valence-corrected chi connectivity index (χ1v) is 10.3. The minimum atomic E-state index is -0.00936. The molecule has 27 heavy (non-hydrogen) atoms. The molecule has 6 heteroatoms. The normalized spacial score (nSPS) is 21.9. The third kappa shape index (κ3) is 3.72. The highest BCUT2D eigenvalue weighted by molar-refractivity contribution is 5.78. The van der Waals surface area contributed by atoms with Crippen LogP contribution in [0.5, 0.6) is 0 Å². The predicted octanol–water partition coefficient (Wildman–Crippen LogP) is 3.18. The Balaban J connectivity index is 1.58. The van der Waals surface area contributed by atoms with Gasteiger partial charge in [-0.05, 0) is 44.7 Å². The van der Waals surface area contributed by atoms with Crippen molar-refractivity contribution in [3.8, 4) is 0 Å². The van der Waals surface area contributed by atoms with Gasteiger partial charge >= 0.3 is 0 Å². The number of fused-ring (bicyclic) bond motifs is 1. The monoisotopic (exact) mass is 369 g/mol. The van der Waals surface area contributed by atoms with E-state index in [0.29, 0.717) is 6.54 Å². The molecule has 1 unspecified atom stereocenters. The number of rotatable bonds is 3. The predicted molar refractivity (Wildman–Crippen MR) is 106 cm³/mol. The lowest BCUT2D eigenvalue weighted by Gasteiger charge is -2.30. The van der Waals surface area contributed by atoms with Crippen molar-refractivity contribution in [3.05, 3.63) is 29.7 Å². The number of piperidine rings is 1. The number of aromatic nitrogens is 3. The number of hydrogen-bond acceptors (Lipinski definition) is 4. The van der Waals surface area contributed by atoms with Crippen LogP contribution in [0, 0.1) is 0 Å². The molecule has 2 aliphatic heterocycles. The fourth-order valence-corrected chi connectivity index (χ4v) is 4.30. The Morgan fingerprint density at radius 1 is 1.15 bits per heavy atom. The van der Waals surface area contributed by atoms with Gasteiger partial charge in [0.1, 0.15) is 0 Å². The lowest BCUT2D eigenvalue weighted by Crippen LogP contribution is -2.42. The Labute approximate surface area is 161 Å². The van der Waals surface area contributed by atoms with Crippen molar-refractivity contribution >= 4 is 11.6 Å². The summed E-state index contributed by atoms with van der Waals surface area (Å²) in [5.74, 6) is 0.280. The molecule has 0 spiro atoms.